The minimum atomic E-state index is -0.0202. The molecular formula is C29H30Cl2N2O. The van der Waals surface area contributed by atoms with Gasteiger partial charge in [0, 0.05) is 33.3 Å². The number of benzene rings is 2. The molecule has 1 N–H and O–H groups in total. The normalized spacial score (nSPS) is 19.0. The zero-order valence-electron chi connectivity index (χ0n) is 19.5. The van der Waals surface area contributed by atoms with Crippen LogP contribution in [-0.2, 0) is 11.2 Å². The zero-order chi connectivity index (χ0) is 23.7. The van der Waals surface area contributed by atoms with Crippen molar-refractivity contribution in [2.45, 2.75) is 64.3 Å². The highest BCUT2D eigenvalue weighted by atomic mass is 35.5. The predicted octanol–water partition coefficient (Wildman–Crippen LogP) is 8.19. The van der Waals surface area contributed by atoms with Gasteiger partial charge in [-0.25, -0.2) is 0 Å². The van der Waals surface area contributed by atoms with E-state index < -0.39 is 0 Å². The molecule has 1 amide bonds. The first kappa shape index (κ1) is 23.4. The van der Waals surface area contributed by atoms with Gasteiger partial charge in [-0.15, -0.1) is 0 Å². The van der Waals surface area contributed by atoms with E-state index >= 15 is 0 Å². The third-order valence-corrected chi connectivity index (χ3v) is 8.13. The van der Waals surface area contributed by atoms with Crippen LogP contribution in [0.25, 0.3) is 22.4 Å². The van der Waals surface area contributed by atoms with Crippen LogP contribution in [0.2, 0.25) is 10.0 Å². The SMILES string of the molecule is CCC(=O)NC1CC2(CCCCC2)Cc2nc(-c3ccccc3Cl)c(-c3ccc(Cl)cc3)cc21. The van der Waals surface area contributed by atoms with Gasteiger partial charge < -0.3 is 5.32 Å². The molecule has 3 nitrogen and oxygen atoms in total. The van der Waals surface area contributed by atoms with Crippen LogP contribution < -0.4 is 5.32 Å². The van der Waals surface area contributed by atoms with Gasteiger partial charge in [-0.2, -0.15) is 0 Å². The van der Waals surface area contributed by atoms with Gasteiger partial charge in [-0.05, 0) is 66.5 Å². The average molecular weight is 493 g/mol. The van der Waals surface area contributed by atoms with Crippen molar-refractivity contribution in [2.75, 3.05) is 0 Å². The van der Waals surface area contributed by atoms with Crippen molar-refractivity contribution >= 4 is 29.1 Å². The first-order valence-electron chi connectivity index (χ1n) is 12.3. The maximum atomic E-state index is 12.5. The van der Waals surface area contributed by atoms with E-state index in [9.17, 15) is 4.79 Å². The first-order chi connectivity index (χ1) is 16.5. The Labute approximate surface area is 211 Å². The van der Waals surface area contributed by atoms with Gasteiger partial charge in [0.05, 0.1) is 11.7 Å². The van der Waals surface area contributed by atoms with E-state index in [1.165, 1.54) is 32.1 Å². The monoisotopic (exact) mass is 492 g/mol. The molecule has 1 saturated carbocycles. The third kappa shape index (κ3) is 4.61. The number of aromatic nitrogens is 1. The van der Waals surface area contributed by atoms with Crippen LogP contribution in [0, 0.1) is 5.41 Å². The topological polar surface area (TPSA) is 42.0 Å². The predicted molar refractivity (Wildman–Crippen MR) is 140 cm³/mol. The highest BCUT2D eigenvalue weighted by molar-refractivity contribution is 6.33. The summed E-state index contributed by atoms with van der Waals surface area (Å²) >= 11 is 12.9. The van der Waals surface area contributed by atoms with Crippen LogP contribution in [0.3, 0.4) is 0 Å². The third-order valence-electron chi connectivity index (χ3n) is 7.54. The van der Waals surface area contributed by atoms with Crippen LogP contribution in [-0.4, -0.2) is 10.9 Å². The molecule has 2 aromatic carbocycles. The summed E-state index contributed by atoms with van der Waals surface area (Å²) in [7, 11) is 0. The standard InChI is InChI=1S/C29H30Cl2N2O/c1-2-27(34)32-25-17-29(14-6-3-7-15-29)18-26-23(25)16-22(19-10-12-20(30)13-11-19)28(33-26)21-8-4-5-9-24(21)31/h4-5,8-13,16,25H,2-3,6-7,14-15,17-18H2,1H3,(H,32,34). The number of pyridine rings is 1. The van der Waals surface area contributed by atoms with Gasteiger partial charge in [0.15, 0.2) is 0 Å². The Bertz CT molecular complexity index is 1200. The molecule has 5 rings (SSSR count). The molecule has 0 aliphatic heterocycles. The second-order valence-electron chi connectivity index (χ2n) is 9.82. The van der Waals surface area contributed by atoms with Gasteiger partial charge in [0.25, 0.3) is 0 Å². The van der Waals surface area contributed by atoms with Crippen molar-refractivity contribution in [3.63, 3.8) is 0 Å². The number of hydrogen-bond acceptors (Lipinski definition) is 2. The second-order valence-corrected chi connectivity index (χ2v) is 10.7. The van der Waals surface area contributed by atoms with Crippen molar-refractivity contribution < 1.29 is 4.79 Å². The number of carbonyl (C=O) groups is 1. The number of amides is 1. The number of nitrogens with zero attached hydrogens (tertiary/aromatic N) is 1. The Morgan fingerprint density at radius 3 is 2.47 bits per heavy atom. The lowest BCUT2D eigenvalue weighted by Crippen LogP contribution is -2.40. The molecule has 3 aromatic rings. The van der Waals surface area contributed by atoms with Gasteiger partial charge in [-0.1, -0.05) is 79.7 Å². The van der Waals surface area contributed by atoms with Crippen molar-refractivity contribution in [1.29, 1.82) is 0 Å². The molecule has 2 aliphatic rings. The Balaban J connectivity index is 1.70. The summed E-state index contributed by atoms with van der Waals surface area (Å²) in [6.07, 6.45) is 8.63. The summed E-state index contributed by atoms with van der Waals surface area (Å²) in [6.45, 7) is 1.91. The van der Waals surface area contributed by atoms with Gasteiger partial charge >= 0.3 is 0 Å². The summed E-state index contributed by atoms with van der Waals surface area (Å²) in [6, 6.07) is 18.0. The summed E-state index contributed by atoms with van der Waals surface area (Å²) in [5.74, 6) is 0.0898. The van der Waals surface area contributed by atoms with E-state index in [0.29, 0.717) is 16.5 Å². The molecule has 1 atom stereocenters. The molecule has 2 aliphatic carbocycles. The average Bonchev–Trinajstić information content (AvgIpc) is 2.84. The number of rotatable bonds is 4. The minimum absolute atomic E-state index is 0.0202. The number of carbonyl (C=O) groups excluding carboxylic acids is 1. The fourth-order valence-electron chi connectivity index (χ4n) is 5.80. The lowest BCUT2D eigenvalue weighted by molar-refractivity contribution is -0.121. The maximum Gasteiger partial charge on any atom is 0.220 e. The molecule has 5 heteroatoms. The Hall–Kier alpha value is -2.36. The second kappa shape index (κ2) is 9.71. The first-order valence-corrected chi connectivity index (χ1v) is 13.1. The molecule has 1 unspecified atom stereocenters. The molecule has 1 heterocycles. The van der Waals surface area contributed by atoms with E-state index in [-0.39, 0.29) is 17.4 Å². The minimum Gasteiger partial charge on any atom is -0.349 e. The summed E-state index contributed by atoms with van der Waals surface area (Å²) in [5.41, 5.74) is 6.31. The Morgan fingerprint density at radius 2 is 1.76 bits per heavy atom. The van der Waals surface area contributed by atoms with Gasteiger partial charge in [0.1, 0.15) is 0 Å². The largest absolute Gasteiger partial charge is 0.349 e. The van der Waals surface area contributed by atoms with Crippen LogP contribution in [0.4, 0.5) is 0 Å². The Kier molecular flexibility index (Phi) is 6.68. The number of nitrogens with one attached hydrogen (secondary N) is 1. The van der Waals surface area contributed by atoms with E-state index in [4.69, 9.17) is 28.2 Å². The summed E-state index contributed by atoms with van der Waals surface area (Å²) in [5, 5.41) is 4.71. The summed E-state index contributed by atoms with van der Waals surface area (Å²) < 4.78 is 0. The van der Waals surface area contributed by atoms with Crippen LogP contribution in [0.5, 0.6) is 0 Å². The van der Waals surface area contributed by atoms with Crippen LogP contribution in [0.1, 0.15) is 69.2 Å². The van der Waals surface area contributed by atoms with Crippen molar-refractivity contribution in [2.24, 2.45) is 5.41 Å². The molecule has 0 saturated heterocycles. The Morgan fingerprint density at radius 1 is 1.03 bits per heavy atom. The van der Waals surface area contributed by atoms with Crippen molar-refractivity contribution in [1.82, 2.24) is 10.3 Å². The zero-order valence-corrected chi connectivity index (χ0v) is 21.1. The van der Waals surface area contributed by atoms with E-state index in [0.717, 1.165) is 46.5 Å². The highest BCUT2D eigenvalue weighted by Gasteiger charge is 2.41. The quantitative estimate of drug-likeness (QED) is 0.398. The van der Waals surface area contributed by atoms with E-state index in [2.05, 4.69) is 11.4 Å². The van der Waals surface area contributed by atoms with Gasteiger partial charge in [0.2, 0.25) is 5.91 Å². The summed E-state index contributed by atoms with van der Waals surface area (Å²) in [4.78, 5) is 17.8. The molecule has 0 radical (unpaired) electrons. The molecule has 1 spiro atoms. The molecule has 176 valence electrons. The molecule has 34 heavy (non-hydrogen) atoms. The lowest BCUT2D eigenvalue weighted by Gasteiger charge is -2.44. The lowest BCUT2D eigenvalue weighted by atomic mass is 9.63. The van der Waals surface area contributed by atoms with Gasteiger partial charge in [-0.3, -0.25) is 9.78 Å². The van der Waals surface area contributed by atoms with E-state index in [1.54, 1.807) is 0 Å². The van der Waals surface area contributed by atoms with Crippen LogP contribution in [0.15, 0.2) is 54.6 Å². The molecule has 1 aromatic heterocycles. The maximum absolute atomic E-state index is 12.5. The van der Waals surface area contributed by atoms with Crippen LogP contribution >= 0.6 is 23.2 Å². The number of hydrogen-bond donors (Lipinski definition) is 1. The molecular weight excluding hydrogens is 463 g/mol. The number of fused-ring (bicyclic) bond motifs is 1. The van der Waals surface area contributed by atoms with E-state index in [1.807, 2.05) is 55.5 Å². The van der Waals surface area contributed by atoms with Crippen molar-refractivity contribution in [3.8, 4) is 22.4 Å². The number of halogens is 2. The highest BCUT2D eigenvalue weighted by Crippen LogP contribution is 2.51. The molecule has 1 fully saturated rings. The fourth-order valence-corrected chi connectivity index (χ4v) is 6.15. The molecule has 0 bridgehead atoms. The van der Waals surface area contributed by atoms with Crippen molar-refractivity contribution in [3.05, 3.63) is 75.9 Å². The fraction of sp³-hybridized carbons (Fsp3) is 0.379. The smallest absolute Gasteiger partial charge is 0.220 e.